The molecule has 0 fully saturated rings. The number of rotatable bonds is 1. The van der Waals surface area contributed by atoms with Crippen LogP contribution in [0.5, 0.6) is 5.75 Å². The van der Waals surface area contributed by atoms with Crippen LogP contribution in [0.1, 0.15) is 5.56 Å². The third kappa shape index (κ3) is 1.50. The van der Waals surface area contributed by atoms with E-state index in [0.29, 0.717) is 5.75 Å². The molecule has 0 heterocycles. The Labute approximate surface area is 90.5 Å². The van der Waals surface area contributed by atoms with Crippen molar-refractivity contribution < 1.29 is 5.11 Å². The van der Waals surface area contributed by atoms with Crippen LogP contribution < -0.4 is 0 Å². The highest BCUT2D eigenvalue weighted by Crippen LogP contribution is 2.28. The Morgan fingerprint density at radius 3 is 2.62 bits per heavy atom. The maximum absolute atomic E-state index is 9.60. The Morgan fingerprint density at radius 1 is 1.08 bits per heavy atom. The highest BCUT2D eigenvalue weighted by molar-refractivity contribution is 14.1. The van der Waals surface area contributed by atoms with Crippen LogP contribution in [0, 0.1) is 0 Å². The molecule has 0 aliphatic rings. The molecule has 0 bridgehead atoms. The first-order chi connectivity index (χ1) is 6.33. The van der Waals surface area contributed by atoms with Crippen LogP contribution in [0.25, 0.3) is 10.8 Å². The van der Waals surface area contributed by atoms with Gasteiger partial charge in [-0.1, -0.05) is 52.9 Å². The molecular formula is C11H9IO. The highest BCUT2D eigenvalue weighted by atomic mass is 127. The molecule has 1 N–H and O–H groups in total. The van der Waals surface area contributed by atoms with Gasteiger partial charge >= 0.3 is 0 Å². The van der Waals surface area contributed by atoms with Crippen molar-refractivity contribution in [1.82, 2.24) is 0 Å². The Morgan fingerprint density at radius 2 is 1.85 bits per heavy atom. The smallest absolute Gasteiger partial charge is 0.120 e. The summed E-state index contributed by atoms with van der Waals surface area (Å²) in [6.45, 7) is 0. The van der Waals surface area contributed by atoms with E-state index in [4.69, 9.17) is 0 Å². The molecule has 1 nitrogen and oxygen atoms in total. The first kappa shape index (κ1) is 8.81. The van der Waals surface area contributed by atoms with Crippen molar-refractivity contribution in [3.05, 3.63) is 42.0 Å². The number of fused-ring (bicyclic) bond motifs is 1. The van der Waals surface area contributed by atoms with Crippen LogP contribution in [-0.2, 0) is 4.43 Å². The number of hydrogen-bond acceptors (Lipinski definition) is 1. The van der Waals surface area contributed by atoms with Crippen molar-refractivity contribution in [2.45, 2.75) is 4.43 Å². The van der Waals surface area contributed by atoms with Gasteiger partial charge in [0.1, 0.15) is 5.75 Å². The van der Waals surface area contributed by atoms with E-state index in [2.05, 4.69) is 28.7 Å². The van der Waals surface area contributed by atoms with Crippen molar-refractivity contribution in [3.8, 4) is 5.75 Å². The number of phenolic OH excluding ortho intramolecular Hbond substituents is 1. The van der Waals surface area contributed by atoms with Gasteiger partial charge in [0.25, 0.3) is 0 Å². The van der Waals surface area contributed by atoms with Gasteiger partial charge in [-0.05, 0) is 16.8 Å². The Kier molecular flexibility index (Phi) is 2.40. The van der Waals surface area contributed by atoms with Crippen molar-refractivity contribution in [2.75, 3.05) is 0 Å². The fraction of sp³-hybridized carbons (Fsp3) is 0.0909. The Balaban J connectivity index is 2.84. The maximum atomic E-state index is 9.60. The molecule has 0 radical (unpaired) electrons. The normalized spacial score (nSPS) is 10.5. The molecule has 0 aromatic heterocycles. The van der Waals surface area contributed by atoms with Gasteiger partial charge in [0.05, 0.1) is 0 Å². The third-order valence-electron chi connectivity index (χ3n) is 2.15. The molecule has 2 aromatic rings. The molecule has 0 saturated carbocycles. The predicted molar refractivity (Wildman–Crippen MR) is 63.3 cm³/mol. The number of hydrogen-bond donors (Lipinski definition) is 1. The first-order valence-corrected chi connectivity index (χ1v) is 5.61. The SMILES string of the molecule is Oc1ccc2ccccc2c1CI. The molecule has 0 atom stereocenters. The zero-order chi connectivity index (χ0) is 9.26. The average molecular weight is 284 g/mol. The minimum absolute atomic E-state index is 0.396. The van der Waals surface area contributed by atoms with Gasteiger partial charge in [-0.15, -0.1) is 0 Å². The monoisotopic (exact) mass is 284 g/mol. The minimum Gasteiger partial charge on any atom is -0.508 e. The summed E-state index contributed by atoms with van der Waals surface area (Å²) in [5.74, 6) is 0.396. The highest BCUT2D eigenvalue weighted by Gasteiger charge is 2.03. The lowest BCUT2D eigenvalue weighted by Crippen LogP contribution is -1.82. The summed E-state index contributed by atoms with van der Waals surface area (Å²) < 4.78 is 0.838. The van der Waals surface area contributed by atoms with Crippen LogP contribution >= 0.6 is 22.6 Å². The largest absolute Gasteiger partial charge is 0.508 e. The lowest BCUT2D eigenvalue weighted by molar-refractivity contribution is 0.472. The Bertz CT molecular complexity index is 437. The number of phenols is 1. The van der Waals surface area contributed by atoms with Gasteiger partial charge in [-0.25, -0.2) is 0 Å². The van der Waals surface area contributed by atoms with Gasteiger partial charge < -0.3 is 5.11 Å². The number of halogens is 1. The van der Waals surface area contributed by atoms with Crippen LogP contribution in [0.3, 0.4) is 0 Å². The molecule has 66 valence electrons. The topological polar surface area (TPSA) is 20.2 Å². The molecule has 0 saturated heterocycles. The van der Waals surface area contributed by atoms with E-state index in [0.717, 1.165) is 15.4 Å². The summed E-state index contributed by atoms with van der Waals surface area (Å²) >= 11 is 2.27. The van der Waals surface area contributed by atoms with Crippen molar-refractivity contribution >= 4 is 33.4 Å². The van der Waals surface area contributed by atoms with Gasteiger partial charge in [0.15, 0.2) is 0 Å². The van der Waals surface area contributed by atoms with E-state index in [9.17, 15) is 5.11 Å². The molecule has 2 heteroatoms. The predicted octanol–water partition coefficient (Wildman–Crippen LogP) is 3.48. The van der Waals surface area contributed by atoms with Crippen LogP contribution in [0.4, 0.5) is 0 Å². The van der Waals surface area contributed by atoms with E-state index in [1.807, 2.05) is 24.3 Å². The zero-order valence-electron chi connectivity index (χ0n) is 7.00. The van der Waals surface area contributed by atoms with E-state index in [1.165, 1.54) is 5.39 Å². The second-order valence-electron chi connectivity index (χ2n) is 2.92. The molecule has 0 spiro atoms. The van der Waals surface area contributed by atoms with Crippen LogP contribution in [0.2, 0.25) is 0 Å². The summed E-state index contributed by atoms with van der Waals surface area (Å²) in [4.78, 5) is 0. The lowest BCUT2D eigenvalue weighted by atomic mass is 10.1. The number of aromatic hydroxyl groups is 1. The van der Waals surface area contributed by atoms with Crippen LogP contribution in [0.15, 0.2) is 36.4 Å². The van der Waals surface area contributed by atoms with Crippen molar-refractivity contribution in [2.24, 2.45) is 0 Å². The summed E-state index contributed by atoms with van der Waals surface area (Å²) in [5, 5.41) is 11.9. The van der Waals surface area contributed by atoms with E-state index < -0.39 is 0 Å². The van der Waals surface area contributed by atoms with Crippen molar-refractivity contribution in [1.29, 1.82) is 0 Å². The maximum Gasteiger partial charge on any atom is 0.120 e. The molecule has 0 amide bonds. The Hall–Kier alpha value is -0.770. The second-order valence-corrected chi connectivity index (χ2v) is 3.68. The quantitative estimate of drug-likeness (QED) is 0.628. The van der Waals surface area contributed by atoms with Gasteiger partial charge in [-0.2, -0.15) is 0 Å². The molecule has 0 aliphatic carbocycles. The third-order valence-corrected chi connectivity index (χ3v) is 2.91. The fourth-order valence-electron chi connectivity index (χ4n) is 1.46. The molecule has 2 aromatic carbocycles. The molecule has 2 rings (SSSR count). The minimum atomic E-state index is 0.396. The van der Waals surface area contributed by atoms with E-state index >= 15 is 0 Å². The lowest BCUT2D eigenvalue weighted by Gasteiger charge is -2.05. The summed E-state index contributed by atoms with van der Waals surface area (Å²) in [6, 6.07) is 11.8. The van der Waals surface area contributed by atoms with Crippen LogP contribution in [-0.4, -0.2) is 5.11 Å². The standard InChI is InChI=1S/C11H9IO/c12-7-10-9-4-2-1-3-8(9)5-6-11(10)13/h1-6,13H,7H2. The summed E-state index contributed by atoms with van der Waals surface area (Å²) in [6.07, 6.45) is 0. The number of alkyl halides is 1. The average Bonchev–Trinajstić information content (AvgIpc) is 2.18. The molecule has 0 unspecified atom stereocenters. The van der Waals surface area contributed by atoms with Gasteiger partial charge in [0, 0.05) is 9.99 Å². The molecule has 13 heavy (non-hydrogen) atoms. The van der Waals surface area contributed by atoms with Gasteiger partial charge in [0.2, 0.25) is 0 Å². The van der Waals surface area contributed by atoms with Gasteiger partial charge in [-0.3, -0.25) is 0 Å². The van der Waals surface area contributed by atoms with Crippen molar-refractivity contribution in [3.63, 3.8) is 0 Å². The first-order valence-electron chi connectivity index (χ1n) is 4.08. The number of benzene rings is 2. The molecule has 0 aliphatic heterocycles. The summed E-state index contributed by atoms with van der Waals surface area (Å²) in [7, 11) is 0. The molecular weight excluding hydrogens is 275 g/mol. The van der Waals surface area contributed by atoms with E-state index in [-0.39, 0.29) is 0 Å². The second kappa shape index (κ2) is 3.54. The fourth-order valence-corrected chi connectivity index (χ4v) is 2.27. The summed E-state index contributed by atoms with van der Waals surface area (Å²) in [5.41, 5.74) is 1.03. The zero-order valence-corrected chi connectivity index (χ0v) is 9.15. The van der Waals surface area contributed by atoms with E-state index in [1.54, 1.807) is 6.07 Å².